The Labute approximate surface area is 92.8 Å². The van der Waals surface area contributed by atoms with E-state index in [1.54, 1.807) is 0 Å². The van der Waals surface area contributed by atoms with Gasteiger partial charge < -0.3 is 10.4 Å². The van der Waals surface area contributed by atoms with Gasteiger partial charge in [-0.05, 0) is 6.07 Å². The number of alkyl halides is 3. The van der Waals surface area contributed by atoms with Crippen molar-refractivity contribution in [3.8, 4) is 0 Å². The van der Waals surface area contributed by atoms with Gasteiger partial charge in [-0.25, -0.2) is 4.79 Å². The first-order valence-corrected chi connectivity index (χ1v) is 4.39. The van der Waals surface area contributed by atoms with Gasteiger partial charge in [-0.2, -0.15) is 18.3 Å². The van der Waals surface area contributed by atoms with Crippen molar-refractivity contribution in [1.29, 1.82) is 0 Å². The first-order valence-electron chi connectivity index (χ1n) is 4.39. The molecule has 0 saturated carbocycles. The van der Waals surface area contributed by atoms with Crippen molar-refractivity contribution < 1.29 is 27.9 Å². The number of hydrogen-bond acceptors (Lipinski definition) is 3. The molecule has 3 N–H and O–H groups in total. The Morgan fingerprint density at radius 1 is 1.53 bits per heavy atom. The number of carboxylic acids is 1. The number of aromatic amines is 1. The number of hydrogen-bond donors (Lipinski definition) is 3. The highest BCUT2D eigenvalue weighted by Gasteiger charge is 2.40. The van der Waals surface area contributed by atoms with E-state index in [1.165, 1.54) is 17.6 Å². The molecular formula is C8H8F3N3O3. The van der Waals surface area contributed by atoms with Crippen molar-refractivity contribution in [2.45, 2.75) is 18.6 Å². The summed E-state index contributed by atoms with van der Waals surface area (Å²) in [5.74, 6) is -3.85. The number of nitrogens with one attached hydrogen (secondary N) is 2. The molecule has 9 heteroatoms. The highest BCUT2D eigenvalue weighted by Crippen LogP contribution is 2.15. The molecule has 1 rings (SSSR count). The molecule has 0 aliphatic heterocycles. The van der Waals surface area contributed by atoms with Gasteiger partial charge in [-0.1, -0.05) is 0 Å². The summed E-state index contributed by atoms with van der Waals surface area (Å²) in [7, 11) is 0. The molecule has 0 saturated heterocycles. The summed E-state index contributed by atoms with van der Waals surface area (Å²) in [5.41, 5.74) is 0.305. The first-order chi connectivity index (χ1) is 7.80. The van der Waals surface area contributed by atoms with Crippen LogP contribution >= 0.6 is 0 Å². The molecule has 17 heavy (non-hydrogen) atoms. The third-order valence-corrected chi connectivity index (χ3v) is 1.84. The number of carbonyl (C=O) groups is 2. The van der Waals surface area contributed by atoms with Crippen LogP contribution in [0.25, 0.3) is 0 Å². The van der Waals surface area contributed by atoms with Crippen molar-refractivity contribution in [3.63, 3.8) is 0 Å². The number of aromatic nitrogens is 2. The van der Waals surface area contributed by atoms with Gasteiger partial charge in [0, 0.05) is 18.3 Å². The van der Waals surface area contributed by atoms with E-state index in [2.05, 4.69) is 10.2 Å². The second kappa shape index (κ2) is 4.85. The summed E-state index contributed by atoms with van der Waals surface area (Å²) >= 11 is 0. The Balaban J connectivity index is 2.68. The van der Waals surface area contributed by atoms with E-state index in [-0.39, 0.29) is 6.42 Å². The first kappa shape index (κ1) is 13.0. The maximum Gasteiger partial charge on any atom is 0.471 e. The number of amides is 1. The van der Waals surface area contributed by atoms with Crippen LogP contribution in [0.2, 0.25) is 0 Å². The van der Waals surface area contributed by atoms with Gasteiger partial charge in [0.25, 0.3) is 0 Å². The number of aliphatic carboxylic acids is 1. The number of carboxylic acid groups (broad SMARTS) is 1. The average molecular weight is 251 g/mol. The van der Waals surface area contributed by atoms with Crippen LogP contribution in [0.1, 0.15) is 5.69 Å². The van der Waals surface area contributed by atoms with Crippen molar-refractivity contribution >= 4 is 11.9 Å². The van der Waals surface area contributed by atoms with Crippen LogP contribution in [0.4, 0.5) is 13.2 Å². The molecule has 0 fully saturated rings. The Hall–Kier alpha value is -2.06. The van der Waals surface area contributed by atoms with Gasteiger partial charge in [0.1, 0.15) is 6.04 Å². The third kappa shape index (κ3) is 3.78. The van der Waals surface area contributed by atoms with Gasteiger partial charge in [-0.15, -0.1) is 0 Å². The summed E-state index contributed by atoms with van der Waals surface area (Å²) in [5, 5.41) is 16.0. The summed E-state index contributed by atoms with van der Waals surface area (Å²) in [4.78, 5) is 21.3. The molecule has 1 unspecified atom stereocenters. The molecule has 1 heterocycles. The Morgan fingerprint density at radius 2 is 2.18 bits per heavy atom. The second-order valence-electron chi connectivity index (χ2n) is 3.15. The van der Waals surface area contributed by atoms with Crippen molar-refractivity contribution in [2.75, 3.05) is 0 Å². The lowest BCUT2D eigenvalue weighted by Crippen LogP contribution is -2.47. The molecule has 0 aromatic carbocycles. The topological polar surface area (TPSA) is 95.1 Å². The van der Waals surface area contributed by atoms with Crippen molar-refractivity contribution in [1.82, 2.24) is 15.5 Å². The van der Waals surface area contributed by atoms with Gasteiger partial charge in [0.05, 0.1) is 0 Å². The smallest absolute Gasteiger partial charge is 0.471 e. The fourth-order valence-electron chi connectivity index (χ4n) is 1.06. The van der Waals surface area contributed by atoms with E-state index in [4.69, 9.17) is 5.11 Å². The lowest BCUT2D eigenvalue weighted by Gasteiger charge is -2.14. The molecule has 1 amide bonds. The molecule has 0 aliphatic carbocycles. The van der Waals surface area contributed by atoms with E-state index < -0.39 is 24.1 Å². The van der Waals surface area contributed by atoms with Crippen LogP contribution in [-0.4, -0.2) is 39.4 Å². The highest BCUT2D eigenvalue weighted by molar-refractivity contribution is 5.87. The molecule has 1 atom stereocenters. The molecule has 6 nitrogen and oxygen atoms in total. The van der Waals surface area contributed by atoms with Crippen LogP contribution in [0.5, 0.6) is 0 Å². The quantitative estimate of drug-likeness (QED) is 0.706. The minimum absolute atomic E-state index is 0.305. The summed E-state index contributed by atoms with van der Waals surface area (Å²) in [6, 6.07) is -0.264. The molecule has 1 aromatic rings. The van der Waals surface area contributed by atoms with E-state index >= 15 is 0 Å². The number of nitrogens with zero attached hydrogens (tertiary/aromatic N) is 1. The third-order valence-electron chi connectivity index (χ3n) is 1.84. The van der Waals surface area contributed by atoms with E-state index in [9.17, 15) is 22.8 Å². The number of H-pyrrole nitrogens is 1. The lowest BCUT2D eigenvalue weighted by atomic mass is 10.1. The maximum absolute atomic E-state index is 11.9. The molecule has 0 radical (unpaired) electrons. The standard InChI is InChI=1S/C8H8F3N3O3/c9-8(10,11)7(17)13-5(6(15)16)3-4-1-2-12-14-4/h1-2,5H,3H2,(H,12,14)(H,13,17)(H,15,16). The van der Waals surface area contributed by atoms with Crippen LogP contribution in [0.3, 0.4) is 0 Å². The van der Waals surface area contributed by atoms with E-state index in [1.807, 2.05) is 0 Å². The summed E-state index contributed by atoms with van der Waals surface area (Å²) < 4.78 is 35.8. The predicted octanol–water partition coefficient (Wildman–Crippen LogP) is 0.0839. The number of carbonyl (C=O) groups excluding carboxylic acids is 1. The lowest BCUT2D eigenvalue weighted by molar-refractivity contribution is -0.175. The minimum atomic E-state index is -5.11. The SMILES string of the molecule is O=C(O)C(Cc1ccn[nH]1)NC(=O)C(F)(F)F. The number of halogens is 3. The van der Waals surface area contributed by atoms with Crippen LogP contribution in [0, 0.1) is 0 Å². The maximum atomic E-state index is 11.9. The van der Waals surface area contributed by atoms with Crippen molar-refractivity contribution in [3.05, 3.63) is 18.0 Å². The Kier molecular flexibility index (Phi) is 3.71. The molecule has 94 valence electrons. The zero-order valence-corrected chi connectivity index (χ0v) is 8.28. The molecule has 0 aliphatic rings. The van der Waals surface area contributed by atoms with Crippen LogP contribution in [0.15, 0.2) is 12.3 Å². The highest BCUT2D eigenvalue weighted by atomic mass is 19.4. The zero-order chi connectivity index (χ0) is 13.1. The molecule has 1 aromatic heterocycles. The molecular weight excluding hydrogens is 243 g/mol. The second-order valence-corrected chi connectivity index (χ2v) is 3.15. The van der Waals surface area contributed by atoms with Crippen molar-refractivity contribution in [2.24, 2.45) is 0 Å². The predicted molar refractivity (Wildman–Crippen MR) is 47.9 cm³/mol. The largest absolute Gasteiger partial charge is 0.480 e. The van der Waals surface area contributed by atoms with E-state index in [0.29, 0.717) is 5.69 Å². The Morgan fingerprint density at radius 3 is 2.59 bits per heavy atom. The summed E-state index contributed by atoms with van der Waals surface area (Å²) in [6.07, 6.45) is -4.10. The molecule has 0 bridgehead atoms. The summed E-state index contributed by atoms with van der Waals surface area (Å²) in [6.45, 7) is 0. The van der Waals surface area contributed by atoms with Crippen LogP contribution < -0.4 is 5.32 Å². The fraction of sp³-hybridized carbons (Fsp3) is 0.375. The van der Waals surface area contributed by atoms with Gasteiger partial charge in [0.2, 0.25) is 0 Å². The minimum Gasteiger partial charge on any atom is -0.480 e. The average Bonchev–Trinajstić information content (AvgIpc) is 2.67. The van der Waals surface area contributed by atoms with Gasteiger partial charge in [0.15, 0.2) is 0 Å². The van der Waals surface area contributed by atoms with E-state index in [0.717, 1.165) is 0 Å². The van der Waals surface area contributed by atoms with Gasteiger partial charge in [-0.3, -0.25) is 9.89 Å². The fourth-order valence-corrected chi connectivity index (χ4v) is 1.06. The monoisotopic (exact) mass is 251 g/mol. The normalized spacial score (nSPS) is 13.1. The van der Waals surface area contributed by atoms with Crippen LogP contribution in [-0.2, 0) is 16.0 Å². The number of rotatable bonds is 4. The zero-order valence-electron chi connectivity index (χ0n) is 8.28. The van der Waals surface area contributed by atoms with Gasteiger partial charge >= 0.3 is 18.1 Å². The Bertz CT molecular complexity index is 402. The molecule has 0 spiro atoms.